The monoisotopic (exact) mass is 380 g/mol. The number of halogens is 1. The molecule has 0 aliphatic carbocycles. The van der Waals surface area contributed by atoms with Gasteiger partial charge in [-0.15, -0.1) is 0 Å². The Morgan fingerprint density at radius 1 is 1.07 bits per heavy atom. The van der Waals surface area contributed by atoms with Crippen molar-refractivity contribution in [3.05, 3.63) is 65.1 Å². The van der Waals surface area contributed by atoms with Crippen LogP contribution in [0.1, 0.15) is 16.8 Å². The van der Waals surface area contributed by atoms with Gasteiger partial charge in [0.25, 0.3) is 0 Å². The highest BCUT2D eigenvalue weighted by molar-refractivity contribution is 5.91. The van der Waals surface area contributed by atoms with Gasteiger partial charge in [0.15, 0.2) is 11.6 Å². The smallest absolute Gasteiger partial charge is 0.410 e. The van der Waals surface area contributed by atoms with Crippen LogP contribution in [0.4, 0.5) is 9.18 Å². The van der Waals surface area contributed by atoms with E-state index in [0.717, 1.165) is 29.3 Å². The summed E-state index contributed by atoms with van der Waals surface area (Å²) in [6.07, 6.45) is 1.17. The van der Waals surface area contributed by atoms with Gasteiger partial charge in [0, 0.05) is 30.6 Å². The summed E-state index contributed by atoms with van der Waals surface area (Å²) in [6.45, 7) is 2.63. The number of hydrogen-bond acceptors (Lipinski definition) is 3. The van der Waals surface area contributed by atoms with Crippen molar-refractivity contribution in [1.29, 1.82) is 0 Å². The van der Waals surface area contributed by atoms with Gasteiger partial charge < -0.3 is 18.9 Å². The summed E-state index contributed by atoms with van der Waals surface area (Å²) >= 11 is 0. The predicted molar refractivity (Wildman–Crippen MR) is 103 cm³/mol. The van der Waals surface area contributed by atoms with Gasteiger partial charge in [-0.05, 0) is 29.7 Å². The van der Waals surface area contributed by atoms with Crippen LogP contribution in [0.3, 0.4) is 0 Å². The molecule has 0 atom stereocenters. The van der Waals surface area contributed by atoms with Crippen LogP contribution in [0.25, 0.3) is 10.9 Å². The number of rotatable bonds is 2. The quantitative estimate of drug-likeness (QED) is 0.677. The van der Waals surface area contributed by atoms with Gasteiger partial charge in [-0.2, -0.15) is 0 Å². The number of benzene rings is 2. The van der Waals surface area contributed by atoms with E-state index in [4.69, 9.17) is 9.47 Å². The minimum absolute atomic E-state index is 0.276. The second-order valence-electron chi connectivity index (χ2n) is 7.23. The molecule has 0 saturated carbocycles. The summed E-state index contributed by atoms with van der Waals surface area (Å²) in [4.78, 5) is 14.3. The largest absolute Gasteiger partial charge is 0.486 e. The van der Waals surface area contributed by atoms with E-state index in [1.165, 1.54) is 17.3 Å². The lowest BCUT2D eigenvalue weighted by atomic mass is 10.1. The van der Waals surface area contributed by atoms with E-state index in [1.807, 2.05) is 36.4 Å². The van der Waals surface area contributed by atoms with Crippen LogP contribution in [0.2, 0.25) is 0 Å². The molecule has 1 amide bonds. The highest BCUT2D eigenvalue weighted by Crippen LogP contribution is 2.38. The molecule has 5 nitrogen and oxygen atoms in total. The van der Waals surface area contributed by atoms with E-state index in [0.29, 0.717) is 32.0 Å². The van der Waals surface area contributed by atoms with Crippen molar-refractivity contribution in [2.24, 2.45) is 0 Å². The van der Waals surface area contributed by atoms with Gasteiger partial charge in [0.1, 0.15) is 13.2 Å². The predicted octanol–water partition coefficient (Wildman–Crippen LogP) is 3.91. The number of carbonyl (C=O) groups excluding carboxylic acids is 1. The fourth-order valence-electron chi connectivity index (χ4n) is 4.29. The lowest BCUT2D eigenvalue weighted by Gasteiger charge is -2.22. The van der Waals surface area contributed by atoms with E-state index in [2.05, 4.69) is 4.57 Å². The second kappa shape index (κ2) is 6.86. The molecule has 0 N–H and O–H groups in total. The fourth-order valence-corrected chi connectivity index (χ4v) is 4.29. The van der Waals surface area contributed by atoms with E-state index in [9.17, 15) is 9.18 Å². The number of aromatic nitrogens is 1. The molecule has 2 aromatic carbocycles. The number of amides is 1. The van der Waals surface area contributed by atoms with Crippen molar-refractivity contribution in [3.63, 3.8) is 0 Å². The number of ether oxygens (including phenoxy) is 2. The number of hydrogen-bond donors (Lipinski definition) is 0. The van der Waals surface area contributed by atoms with E-state index in [1.54, 1.807) is 4.90 Å². The molecule has 0 saturated heterocycles. The molecule has 3 heterocycles. The van der Waals surface area contributed by atoms with E-state index < -0.39 is 0 Å². The molecule has 3 aromatic rings. The topological polar surface area (TPSA) is 43.7 Å². The van der Waals surface area contributed by atoms with Crippen molar-refractivity contribution < 1.29 is 18.7 Å². The maximum atomic E-state index is 14.2. The summed E-state index contributed by atoms with van der Waals surface area (Å²) in [5, 5.41) is 1.03. The Morgan fingerprint density at radius 2 is 1.89 bits per heavy atom. The first-order chi connectivity index (χ1) is 13.7. The van der Waals surface area contributed by atoms with Gasteiger partial charge in [0.05, 0.1) is 12.1 Å². The molecule has 2 aliphatic rings. The van der Waals surface area contributed by atoms with Crippen molar-refractivity contribution in [1.82, 2.24) is 9.47 Å². The summed E-state index contributed by atoms with van der Waals surface area (Å²) in [5.41, 5.74) is 4.21. The Hall–Kier alpha value is -3.02. The van der Waals surface area contributed by atoms with Gasteiger partial charge in [-0.1, -0.05) is 30.3 Å². The normalized spacial score (nSPS) is 15.7. The van der Waals surface area contributed by atoms with Crippen LogP contribution >= 0.6 is 0 Å². The molecule has 0 fully saturated rings. The van der Waals surface area contributed by atoms with Crippen molar-refractivity contribution >= 4 is 17.0 Å². The fraction of sp³-hybridized carbons (Fsp3) is 0.318. The Kier molecular flexibility index (Phi) is 4.19. The highest BCUT2D eigenvalue weighted by atomic mass is 19.1. The lowest BCUT2D eigenvalue weighted by Crippen LogP contribution is -2.34. The van der Waals surface area contributed by atoms with Gasteiger partial charge >= 0.3 is 6.09 Å². The number of fused-ring (bicyclic) bond motifs is 3. The summed E-state index contributed by atoms with van der Waals surface area (Å²) in [7, 11) is 0. The zero-order valence-electron chi connectivity index (χ0n) is 15.5. The molecule has 0 bridgehead atoms. The SMILES string of the molecule is O=C(OCc1ccccc1)N1CCc2c(n3c4c(c(F)ccc24)OCC3)CC1. The summed E-state index contributed by atoms with van der Waals surface area (Å²) in [5.74, 6) is 0.0446. The van der Waals surface area contributed by atoms with Crippen LogP contribution in [0.5, 0.6) is 5.75 Å². The highest BCUT2D eigenvalue weighted by Gasteiger charge is 2.28. The Labute approximate surface area is 162 Å². The van der Waals surface area contributed by atoms with Crippen LogP contribution in [-0.4, -0.2) is 35.3 Å². The first kappa shape index (κ1) is 17.1. The third-order valence-electron chi connectivity index (χ3n) is 5.63. The minimum atomic E-state index is -0.313. The average Bonchev–Trinajstić information content (AvgIpc) is 2.88. The first-order valence-corrected chi connectivity index (χ1v) is 9.63. The minimum Gasteiger partial charge on any atom is -0.486 e. The van der Waals surface area contributed by atoms with Crippen LogP contribution in [-0.2, 0) is 30.7 Å². The van der Waals surface area contributed by atoms with Gasteiger partial charge in [0.2, 0.25) is 0 Å². The molecular weight excluding hydrogens is 359 g/mol. The molecular formula is C22H21FN2O3. The Balaban J connectivity index is 1.36. The summed E-state index contributed by atoms with van der Waals surface area (Å²) in [6, 6.07) is 13.0. The average molecular weight is 380 g/mol. The molecule has 144 valence electrons. The Bertz CT molecular complexity index is 1050. The molecule has 1 aromatic heterocycles. The standard InChI is InChI=1S/C22H21FN2O3/c23-18-7-6-17-16-8-10-24(22(26)28-14-15-4-2-1-3-5-15)11-9-19(16)25-12-13-27-21(18)20(17)25/h1-7H,8-14H2. The Morgan fingerprint density at radius 3 is 2.75 bits per heavy atom. The molecule has 5 rings (SSSR count). The van der Waals surface area contributed by atoms with Crippen molar-refractivity contribution in [2.75, 3.05) is 19.7 Å². The first-order valence-electron chi connectivity index (χ1n) is 9.63. The maximum absolute atomic E-state index is 14.2. The van der Waals surface area contributed by atoms with E-state index in [-0.39, 0.29) is 18.5 Å². The van der Waals surface area contributed by atoms with Crippen molar-refractivity contribution in [2.45, 2.75) is 26.0 Å². The molecule has 0 spiro atoms. The van der Waals surface area contributed by atoms with Gasteiger partial charge in [-0.3, -0.25) is 0 Å². The van der Waals surface area contributed by atoms with Crippen LogP contribution in [0, 0.1) is 5.82 Å². The second-order valence-corrected chi connectivity index (χ2v) is 7.23. The van der Waals surface area contributed by atoms with Crippen molar-refractivity contribution in [3.8, 4) is 5.75 Å². The van der Waals surface area contributed by atoms with Gasteiger partial charge in [-0.25, -0.2) is 9.18 Å². The molecule has 28 heavy (non-hydrogen) atoms. The zero-order chi connectivity index (χ0) is 19.1. The molecule has 0 radical (unpaired) electrons. The molecule has 6 heteroatoms. The summed E-state index contributed by atoms with van der Waals surface area (Å²) < 4.78 is 27.4. The van der Waals surface area contributed by atoms with Crippen LogP contribution < -0.4 is 4.74 Å². The van der Waals surface area contributed by atoms with E-state index >= 15 is 0 Å². The lowest BCUT2D eigenvalue weighted by molar-refractivity contribution is 0.0976. The number of carbonyl (C=O) groups is 1. The molecule has 0 unspecified atom stereocenters. The third kappa shape index (κ3) is 2.80. The number of nitrogens with zero attached hydrogens (tertiary/aromatic N) is 2. The third-order valence-corrected chi connectivity index (χ3v) is 5.63. The molecule has 2 aliphatic heterocycles. The van der Waals surface area contributed by atoms with Crippen LogP contribution in [0.15, 0.2) is 42.5 Å². The zero-order valence-corrected chi connectivity index (χ0v) is 15.5. The maximum Gasteiger partial charge on any atom is 0.410 e.